The summed E-state index contributed by atoms with van der Waals surface area (Å²) in [4.78, 5) is 4.64. The number of hydrogen-bond acceptors (Lipinski definition) is 6. The van der Waals surface area contributed by atoms with E-state index in [9.17, 15) is 0 Å². The zero-order chi connectivity index (χ0) is 12.5. The first-order valence-electron chi connectivity index (χ1n) is 6.24. The molecule has 0 amide bonds. The van der Waals surface area contributed by atoms with Gasteiger partial charge in [-0.05, 0) is 12.8 Å². The van der Waals surface area contributed by atoms with Crippen molar-refractivity contribution in [2.24, 2.45) is 0 Å². The van der Waals surface area contributed by atoms with E-state index in [2.05, 4.69) is 39.7 Å². The van der Waals surface area contributed by atoms with Crippen LogP contribution < -0.4 is 5.32 Å². The molecule has 96 valence electrons. The van der Waals surface area contributed by atoms with Gasteiger partial charge >= 0.3 is 0 Å². The Morgan fingerprint density at radius 1 is 1.39 bits per heavy atom. The molecule has 1 aliphatic carbocycles. The second kappa shape index (κ2) is 4.93. The molecule has 1 aliphatic rings. The maximum Gasteiger partial charge on any atom is 0.206 e. The van der Waals surface area contributed by atoms with Crippen LogP contribution in [0.2, 0.25) is 0 Å². The Bertz CT molecular complexity index is 487. The standard InChI is InChI=1S/C12H16N4S2/c1-7(2)10-15-16-12(18-10)13-5-9-6-17-11(14-9)8-3-4-8/h6-8H,3-5H2,1-2H3,(H,13,16). The first-order chi connectivity index (χ1) is 8.72. The van der Waals surface area contributed by atoms with Crippen LogP contribution in [0.15, 0.2) is 5.38 Å². The molecule has 0 radical (unpaired) electrons. The van der Waals surface area contributed by atoms with Gasteiger partial charge in [0.15, 0.2) is 0 Å². The largest absolute Gasteiger partial charge is 0.354 e. The maximum absolute atomic E-state index is 4.64. The van der Waals surface area contributed by atoms with Gasteiger partial charge in [-0.15, -0.1) is 21.5 Å². The van der Waals surface area contributed by atoms with Crippen molar-refractivity contribution >= 4 is 27.8 Å². The van der Waals surface area contributed by atoms with Gasteiger partial charge in [0, 0.05) is 17.2 Å². The van der Waals surface area contributed by atoms with Crippen LogP contribution in [0, 0.1) is 0 Å². The van der Waals surface area contributed by atoms with Gasteiger partial charge in [-0.1, -0.05) is 25.2 Å². The molecule has 1 saturated carbocycles. The molecular formula is C12H16N4S2. The van der Waals surface area contributed by atoms with Crippen molar-refractivity contribution in [2.75, 3.05) is 5.32 Å². The summed E-state index contributed by atoms with van der Waals surface area (Å²) in [5, 5.41) is 17.0. The van der Waals surface area contributed by atoms with Crippen LogP contribution in [-0.4, -0.2) is 15.2 Å². The van der Waals surface area contributed by atoms with Crippen molar-refractivity contribution in [1.82, 2.24) is 15.2 Å². The van der Waals surface area contributed by atoms with Crippen molar-refractivity contribution in [3.8, 4) is 0 Å². The Kier molecular flexibility index (Phi) is 3.30. The van der Waals surface area contributed by atoms with Crippen LogP contribution in [0.4, 0.5) is 5.13 Å². The molecule has 2 aromatic heterocycles. The minimum Gasteiger partial charge on any atom is -0.354 e. The van der Waals surface area contributed by atoms with Crippen LogP contribution in [-0.2, 0) is 6.54 Å². The highest BCUT2D eigenvalue weighted by atomic mass is 32.1. The van der Waals surface area contributed by atoms with E-state index in [-0.39, 0.29) is 0 Å². The third kappa shape index (κ3) is 2.70. The summed E-state index contributed by atoms with van der Waals surface area (Å²) in [6.07, 6.45) is 2.63. The number of thiazole rings is 1. The fourth-order valence-corrected chi connectivity index (χ4v) is 3.36. The Balaban J connectivity index is 1.58. The van der Waals surface area contributed by atoms with E-state index in [1.165, 1.54) is 17.8 Å². The predicted octanol–water partition coefficient (Wildman–Crippen LogP) is 3.61. The van der Waals surface area contributed by atoms with E-state index in [0.717, 1.165) is 28.3 Å². The number of nitrogens with one attached hydrogen (secondary N) is 1. The van der Waals surface area contributed by atoms with Crippen LogP contribution >= 0.6 is 22.7 Å². The number of anilines is 1. The van der Waals surface area contributed by atoms with E-state index in [0.29, 0.717) is 5.92 Å². The number of aromatic nitrogens is 3. The summed E-state index contributed by atoms with van der Waals surface area (Å²) in [5.74, 6) is 1.19. The third-order valence-corrected chi connectivity index (χ3v) is 5.09. The average molecular weight is 280 g/mol. The lowest BCUT2D eigenvalue weighted by molar-refractivity contribution is 0.824. The molecule has 2 heterocycles. The van der Waals surface area contributed by atoms with Crippen molar-refractivity contribution in [1.29, 1.82) is 0 Å². The smallest absolute Gasteiger partial charge is 0.206 e. The number of rotatable bonds is 5. The Labute approximate surface area is 114 Å². The van der Waals surface area contributed by atoms with Crippen LogP contribution in [0.1, 0.15) is 54.2 Å². The maximum atomic E-state index is 4.64. The van der Waals surface area contributed by atoms with Gasteiger partial charge < -0.3 is 5.32 Å². The molecule has 0 spiro atoms. The minimum absolute atomic E-state index is 0.443. The lowest BCUT2D eigenvalue weighted by Gasteiger charge is -1.98. The third-order valence-electron chi connectivity index (χ3n) is 2.85. The molecule has 0 aliphatic heterocycles. The summed E-state index contributed by atoms with van der Waals surface area (Å²) in [6.45, 7) is 5.01. The van der Waals surface area contributed by atoms with E-state index in [1.807, 2.05) is 0 Å². The fraction of sp³-hybridized carbons (Fsp3) is 0.583. The predicted molar refractivity (Wildman–Crippen MR) is 75.4 cm³/mol. The molecule has 0 bridgehead atoms. The topological polar surface area (TPSA) is 50.7 Å². The van der Waals surface area contributed by atoms with Gasteiger partial charge in [-0.2, -0.15) is 0 Å². The molecule has 3 rings (SSSR count). The SMILES string of the molecule is CC(C)c1nnc(NCc2csc(C3CC3)n2)s1. The second-order valence-electron chi connectivity index (χ2n) is 4.91. The van der Waals surface area contributed by atoms with Crippen LogP contribution in [0.3, 0.4) is 0 Å². The molecule has 18 heavy (non-hydrogen) atoms. The lowest BCUT2D eigenvalue weighted by Crippen LogP contribution is -1.99. The minimum atomic E-state index is 0.443. The Hall–Kier alpha value is -1.01. The molecule has 2 aromatic rings. The van der Waals surface area contributed by atoms with E-state index in [1.54, 1.807) is 22.7 Å². The Morgan fingerprint density at radius 3 is 2.89 bits per heavy atom. The quantitative estimate of drug-likeness (QED) is 0.909. The monoisotopic (exact) mass is 280 g/mol. The highest BCUT2D eigenvalue weighted by Crippen LogP contribution is 2.41. The van der Waals surface area contributed by atoms with Gasteiger partial charge in [-0.25, -0.2) is 4.98 Å². The Morgan fingerprint density at radius 2 is 2.22 bits per heavy atom. The molecule has 0 atom stereocenters. The molecule has 0 aromatic carbocycles. The van der Waals surface area contributed by atoms with Crippen molar-refractivity contribution in [2.45, 2.75) is 45.1 Å². The van der Waals surface area contributed by atoms with Gasteiger partial charge in [0.1, 0.15) is 5.01 Å². The van der Waals surface area contributed by atoms with E-state index in [4.69, 9.17) is 0 Å². The first kappa shape index (κ1) is 12.0. The molecule has 6 heteroatoms. The zero-order valence-corrected chi connectivity index (χ0v) is 12.1. The van der Waals surface area contributed by atoms with Gasteiger partial charge in [0.2, 0.25) is 5.13 Å². The first-order valence-corrected chi connectivity index (χ1v) is 7.93. The fourth-order valence-electron chi connectivity index (χ4n) is 1.63. The van der Waals surface area contributed by atoms with Crippen molar-refractivity contribution in [3.63, 3.8) is 0 Å². The molecule has 1 N–H and O–H groups in total. The molecular weight excluding hydrogens is 264 g/mol. The highest BCUT2D eigenvalue weighted by molar-refractivity contribution is 7.15. The van der Waals surface area contributed by atoms with Crippen LogP contribution in [0.5, 0.6) is 0 Å². The van der Waals surface area contributed by atoms with Crippen molar-refractivity contribution < 1.29 is 0 Å². The molecule has 0 saturated heterocycles. The van der Waals surface area contributed by atoms with E-state index >= 15 is 0 Å². The molecule has 4 nitrogen and oxygen atoms in total. The lowest BCUT2D eigenvalue weighted by atomic mass is 10.2. The summed E-state index contributed by atoms with van der Waals surface area (Å²) in [5.41, 5.74) is 1.11. The van der Waals surface area contributed by atoms with Crippen molar-refractivity contribution in [3.05, 3.63) is 21.1 Å². The highest BCUT2D eigenvalue weighted by Gasteiger charge is 2.26. The van der Waals surface area contributed by atoms with Crippen LogP contribution in [0.25, 0.3) is 0 Å². The summed E-state index contributed by atoms with van der Waals surface area (Å²) >= 11 is 3.41. The molecule has 0 unspecified atom stereocenters. The molecule has 1 fully saturated rings. The summed E-state index contributed by atoms with van der Waals surface area (Å²) in [6, 6.07) is 0. The van der Waals surface area contributed by atoms with Gasteiger partial charge in [-0.3, -0.25) is 0 Å². The number of nitrogens with zero attached hydrogens (tertiary/aromatic N) is 3. The summed E-state index contributed by atoms with van der Waals surface area (Å²) in [7, 11) is 0. The van der Waals surface area contributed by atoms with E-state index < -0.39 is 0 Å². The average Bonchev–Trinajstić information content (AvgIpc) is 2.92. The van der Waals surface area contributed by atoms with Gasteiger partial charge in [0.25, 0.3) is 0 Å². The normalized spacial score (nSPS) is 15.3. The second-order valence-corrected chi connectivity index (χ2v) is 6.80. The van der Waals surface area contributed by atoms with Gasteiger partial charge in [0.05, 0.1) is 17.2 Å². The number of hydrogen-bond donors (Lipinski definition) is 1. The zero-order valence-electron chi connectivity index (χ0n) is 10.5. The summed E-state index contributed by atoms with van der Waals surface area (Å²) < 4.78 is 0.